The Kier molecular flexibility index (Phi) is 5.10. The minimum Gasteiger partial charge on any atom is -0.394 e. The molecule has 0 unspecified atom stereocenters. The number of urea groups is 1. The van der Waals surface area contributed by atoms with Crippen molar-refractivity contribution in [1.82, 2.24) is 15.5 Å². The molecule has 1 fully saturated rings. The molecule has 0 aromatic carbocycles. The number of imide groups is 1. The van der Waals surface area contributed by atoms with Crippen LogP contribution in [0.15, 0.2) is 0 Å². The van der Waals surface area contributed by atoms with E-state index in [0.29, 0.717) is 0 Å². The minimum atomic E-state index is -0.918. The van der Waals surface area contributed by atoms with Crippen LogP contribution < -0.4 is 10.6 Å². The average molecular weight is 285 g/mol. The van der Waals surface area contributed by atoms with Crippen molar-refractivity contribution in [2.24, 2.45) is 5.92 Å². The number of hydrogen-bond donors (Lipinski definition) is 3. The van der Waals surface area contributed by atoms with E-state index in [-0.39, 0.29) is 43.3 Å². The number of nitrogens with zero attached hydrogens (tertiary/aromatic N) is 1. The van der Waals surface area contributed by atoms with E-state index >= 15 is 0 Å². The van der Waals surface area contributed by atoms with Crippen molar-refractivity contribution in [2.75, 3.05) is 13.2 Å². The van der Waals surface area contributed by atoms with Gasteiger partial charge in [0.2, 0.25) is 5.91 Å². The van der Waals surface area contributed by atoms with Gasteiger partial charge >= 0.3 is 6.03 Å². The van der Waals surface area contributed by atoms with Crippen molar-refractivity contribution >= 4 is 17.8 Å². The zero-order chi connectivity index (χ0) is 15.5. The van der Waals surface area contributed by atoms with Gasteiger partial charge in [0.05, 0.1) is 12.6 Å². The summed E-state index contributed by atoms with van der Waals surface area (Å²) in [6.45, 7) is 6.92. The van der Waals surface area contributed by atoms with Crippen LogP contribution in [0, 0.1) is 5.92 Å². The highest BCUT2D eigenvalue weighted by molar-refractivity contribution is 6.06. The molecule has 20 heavy (non-hydrogen) atoms. The molecule has 1 saturated heterocycles. The highest BCUT2D eigenvalue weighted by atomic mass is 16.3. The second kappa shape index (κ2) is 6.21. The Bertz CT molecular complexity index is 406. The first kappa shape index (κ1) is 16.4. The number of nitrogens with one attached hydrogen (secondary N) is 2. The third-order valence-corrected chi connectivity index (χ3v) is 3.35. The van der Waals surface area contributed by atoms with Gasteiger partial charge in [-0.15, -0.1) is 0 Å². The number of aliphatic hydroxyl groups is 1. The van der Waals surface area contributed by atoms with Crippen molar-refractivity contribution in [3.63, 3.8) is 0 Å². The summed E-state index contributed by atoms with van der Waals surface area (Å²) in [6, 6.07) is -0.794. The second-order valence-corrected chi connectivity index (χ2v) is 5.86. The van der Waals surface area contributed by atoms with E-state index in [1.54, 1.807) is 13.8 Å². The van der Waals surface area contributed by atoms with Crippen LogP contribution in [0.2, 0.25) is 0 Å². The zero-order valence-electron chi connectivity index (χ0n) is 12.4. The number of amides is 4. The van der Waals surface area contributed by atoms with Crippen LogP contribution in [0.25, 0.3) is 0 Å². The largest absolute Gasteiger partial charge is 0.394 e. The zero-order valence-corrected chi connectivity index (χ0v) is 12.4. The molecule has 0 aromatic heterocycles. The van der Waals surface area contributed by atoms with E-state index < -0.39 is 11.6 Å². The maximum atomic E-state index is 11.9. The number of carbonyl (C=O) groups excluding carboxylic acids is 3. The lowest BCUT2D eigenvalue weighted by Gasteiger charge is -2.21. The molecule has 0 aliphatic carbocycles. The van der Waals surface area contributed by atoms with Crippen LogP contribution in [0.4, 0.5) is 4.79 Å². The number of aliphatic hydroxyl groups excluding tert-OH is 1. The molecule has 7 nitrogen and oxygen atoms in total. The molecule has 0 saturated carbocycles. The van der Waals surface area contributed by atoms with E-state index in [1.165, 1.54) is 0 Å². The molecular formula is C13H23N3O4. The summed E-state index contributed by atoms with van der Waals surface area (Å²) in [5, 5.41) is 14.4. The lowest BCUT2D eigenvalue weighted by Crippen LogP contribution is -2.43. The molecule has 1 heterocycles. The minimum absolute atomic E-state index is 0.0262. The molecule has 3 N–H and O–H groups in total. The van der Waals surface area contributed by atoms with Crippen LogP contribution in [-0.4, -0.2) is 52.6 Å². The van der Waals surface area contributed by atoms with Gasteiger partial charge in [-0.05, 0) is 19.8 Å². The summed E-state index contributed by atoms with van der Waals surface area (Å²) >= 11 is 0. The Morgan fingerprint density at radius 1 is 1.40 bits per heavy atom. The standard InChI is InChI=1S/C13H23N3O4/c1-8(2)9(7-17)14-10(18)5-6-16-11(19)13(3,4)15-12(16)20/h8-9,17H,5-7H2,1-4H3,(H,14,18)(H,15,20)/t9-/m1/s1. The van der Waals surface area contributed by atoms with Crippen molar-refractivity contribution in [1.29, 1.82) is 0 Å². The molecule has 1 rings (SSSR count). The molecule has 7 heteroatoms. The van der Waals surface area contributed by atoms with Gasteiger partial charge in [-0.1, -0.05) is 13.8 Å². The summed E-state index contributed by atoms with van der Waals surface area (Å²) in [4.78, 5) is 36.3. The third kappa shape index (κ3) is 3.69. The van der Waals surface area contributed by atoms with Crippen LogP contribution in [-0.2, 0) is 9.59 Å². The molecule has 0 radical (unpaired) electrons. The smallest absolute Gasteiger partial charge is 0.325 e. The molecule has 0 spiro atoms. The van der Waals surface area contributed by atoms with Crippen molar-refractivity contribution in [3.05, 3.63) is 0 Å². The monoisotopic (exact) mass is 285 g/mol. The molecule has 0 bridgehead atoms. The van der Waals surface area contributed by atoms with Gasteiger partial charge in [0, 0.05) is 13.0 Å². The van der Waals surface area contributed by atoms with E-state index in [4.69, 9.17) is 5.11 Å². The van der Waals surface area contributed by atoms with Crippen LogP contribution >= 0.6 is 0 Å². The van der Waals surface area contributed by atoms with Crippen LogP contribution in [0.3, 0.4) is 0 Å². The van der Waals surface area contributed by atoms with Gasteiger partial charge < -0.3 is 15.7 Å². The normalized spacial score (nSPS) is 19.2. The first-order chi connectivity index (χ1) is 9.19. The second-order valence-electron chi connectivity index (χ2n) is 5.86. The van der Waals surface area contributed by atoms with Gasteiger partial charge in [-0.3, -0.25) is 14.5 Å². The van der Waals surface area contributed by atoms with Crippen LogP contribution in [0.1, 0.15) is 34.1 Å². The summed E-state index contributed by atoms with van der Waals surface area (Å²) in [6.07, 6.45) is 0.0262. The number of carbonyl (C=O) groups is 3. The molecule has 0 aromatic rings. The summed E-state index contributed by atoms with van der Waals surface area (Å²) in [7, 11) is 0. The fourth-order valence-electron chi connectivity index (χ4n) is 1.94. The third-order valence-electron chi connectivity index (χ3n) is 3.35. The lowest BCUT2D eigenvalue weighted by molar-refractivity contribution is -0.130. The fraction of sp³-hybridized carbons (Fsp3) is 0.769. The molecule has 4 amide bonds. The lowest BCUT2D eigenvalue weighted by atomic mass is 10.1. The number of hydrogen-bond acceptors (Lipinski definition) is 4. The average Bonchev–Trinajstić information content (AvgIpc) is 2.53. The maximum Gasteiger partial charge on any atom is 0.325 e. The summed E-state index contributed by atoms with van der Waals surface area (Å²) in [5.74, 6) is -0.513. The first-order valence-electron chi connectivity index (χ1n) is 6.73. The summed E-state index contributed by atoms with van der Waals surface area (Å²) < 4.78 is 0. The van der Waals surface area contributed by atoms with Crippen molar-refractivity contribution in [2.45, 2.75) is 45.7 Å². The Morgan fingerprint density at radius 3 is 2.40 bits per heavy atom. The van der Waals surface area contributed by atoms with E-state index in [9.17, 15) is 14.4 Å². The Labute approximate surface area is 118 Å². The Balaban J connectivity index is 2.50. The summed E-state index contributed by atoms with van der Waals surface area (Å²) in [5.41, 5.74) is -0.918. The first-order valence-corrected chi connectivity index (χ1v) is 6.73. The maximum absolute atomic E-state index is 11.9. The molecule has 1 atom stereocenters. The van der Waals surface area contributed by atoms with Gasteiger partial charge in [0.25, 0.3) is 5.91 Å². The number of rotatable bonds is 6. The Morgan fingerprint density at radius 2 is 2.00 bits per heavy atom. The van der Waals surface area contributed by atoms with E-state index in [0.717, 1.165) is 4.90 Å². The van der Waals surface area contributed by atoms with Gasteiger partial charge in [0.1, 0.15) is 5.54 Å². The molecule has 1 aliphatic rings. The van der Waals surface area contributed by atoms with Crippen molar-refractivity contribution in [3.8, 4) is 0 Å². The van der Waals surface area contributed by atoms with Gasteiger partial charge in [-0.2, -0.15) is 0 Å². The van der Waals surface area contributed by atoms with E-state index in [1.807, 2.05) is 13.8 Å². The Hall–Kier alpha value is -1.63. The predicted octanol–water partition coefficient (Wildman–Crippen LogP) is -0.160. The van der Waals surface area contributed by atoms with Gasteiger partial charge in [0.15, 0.2) is 0 Å². The molecule has 1 aliphatic heterocycles. The van der Waals surface area contributed by atoms with Crippen LogP contribution in [0.5, 0.6) is 0 Å². The molecule has 114 valence electrons. The predicted molar refractivity (Wildman–Crippen MR) is 72.8 cm³/mol. The SMILES string of the molecule is CC(C)[C@@H](CO)NC(=O)CCN1C(=O)NC(C)(C)C1=O. The fourth-order valence-corrected chi connectivity index (χ4v) is 1.94. The molecular weight excluding hydrogens is 262 g/mol. The quantitative estimate of drug-likeness (QED) is 0.591. The van der Waals surface area contributed by atoms with Gasteiger partial charge in [-0.25, -0.2) is 4.79 Å². The highest BCUT2D eigenvalue weighted by Gasteiger charge is 2.44. The topological polar surface area (TPSA) is 98.7 Å². The van der Waals surface area contributed by atoms with Crippen molar-refractivity contribution < 1.29 is 19.5 Å². The highest BCUT2D eigenvalue weighted by Crippen LogP contribution is 2.16. The van der Waals surface area contributed by atoms with E-state index in [2.05, 4.69) is 10.6 Å².